The molecule has 3 N–H and O–H groups in total. The van der Waals surface area contributed by atoms with Gasteiger partial charge in [0.15, 0.2) is 0 Å². The van der Waals surface area contributed by atoms with E-state index in [1.807, 2.05) is 12.1 Å². The molecule has 0 aliphatic carbocycles. The topological polar surface area (TPSA) is 99.8 Å². The van der Waals surface area contributed by atoms with Crippen LogP contribution in [0, 0.1) is 5.92 Å². The van der Waals surface area contributed by atoms with Crippen LogP contribution in [0.2, 0.25) is 0 Å². The number of nitrogens with zero attached hydrogens (tertiary/aromatic N) is 1. The summed E-state index contributed by atoms with van der Waals surface area (Å²) in [7, 11) is 0. The molecule has 4 aliphatic heterocycles. The molecular formula is C21H26N4O4. The van der Waals surface area contributed by atoms with Gasteiger partial charge in [0.1, 0.15) is 6.04 Å². The molecule has 3 unspecified atom stereocenters. The average molecular weight is 398 g/mol. The molecule has 3 atom stereocenters. The van der Waals surface area contributed by atoms with Crippen molar-refractivity contribution in [2.45, 2.75) is 43.9 Å². The Balaban J connectivity index is 1.29. The number of hydrogen-bond acceptors (Lipinski definition) is 6. The zero-order valence-electron chi connectivity index (χ0n) is 16.3. The minimum Gasteiger partial charge on any atom is -0.381 e. The lowest BCUT2D eigenvalue weighted by atomic mass is 9.83. The van der Waals surface area contributed by atoms with Gasteiger partial charge in [-0.3, -0.25) is 19.7 Å². The molecule has 5 rings (SSSR count). The van der Waals surface area contributed by atoms with Gasteiger partial charge < -0.3 is 20.3 Å². The molecular weight excluding hydrogens is 372 g/mol. The van der Waals surface area contributed by atoms with Crippen LogP contribution in [-0.4, -0.2) is 60.5 Å². The van der Waals surface area contributed by atoms with E-state index in [4.69, 9.17) is 4.74 Å². The number of fused-ring (bicyclic) bond motifs is 2. The van der Waals surface area contributed by atoms with Crippen molar-refractivity contribution in [2.75, 3.05) is 26.3 Å². The minimum absolute atomic E-state index is 0.0752. The summed E-state index contributed by atoms with van der Waals surface area (Å²) in [6, 6.07) is 5.36. The summed E-state index contributed by atoms with van der Waals surface area (Å²) in [5.74, 6) is -0.286. The number of carbonyl (C=O) groups excluding carboxylic acids is 3. The molecule has 0 bridgehead atoms. The molecule has 3 saturated heterocycles. The van der Waals surface area contributed by atoms with Crippen molar-refractivity contribution < 1.29 is 19.1 Å². The Bertz CT molecular complexity index is 872. The molecule has 4 heterocycles. The van der Waals surface area contributed by atoms with Crippen molar-refractivity contribution in [1.29, 1.82) is 0 Å². The third kappa shape index (κ3) is 3.25. The lowest BCUT2D eigenvalue weighted by Crippen LogP contribution is -2.55. The highest BCUT2D eigenvalue weighted by Gasteiger charge is 2.44. The Morgan fingerprint density at radius 2 is 2.17 bits per heavy atom. The molecule has 3 amide bonds. The molecule has 3 fully saturated rings. The number of carbonyl (C=O) groups is 3. The van der Waals surface area contributed by atoms with Crippen molar-refractivity contribution in [3.63, 3.8) is 0 Å². The number of amides is 3. The molecule has 4 aliphatic rings. The molecule has 1 aromatic rings. The number of ether oxygens (including phenoxy) is 1. The Morgan fingerprint density at radius 1 is 1.28 bits per heavy atom. The van der Waals surface area contributed by atoms with Gasteiger partial charge in [0.05, 0.1) is 6.61 Å². The minimum atomic E-state index is -0.569. The van der Waals surface area contributed by atoms with E-state index in [0.717, 1.165) is 50.4 Å². The molecule has 0 saturated carbocycles. The Kier molecular flexibility index (Phi) is 4.64. The molecule has 29 heavy (non-hydrogen) atoms. The standard InChI is InChI=1S/C21H26N4O4/c26-18-4-3-17(19(27)24-18)25-10-14-7-13(1-2-16(14)20(25)28)8-23-21-5-6-29-11-15(21)9-22-12-21/h1-2,7,15,17,22-23H,3-6,8-12H2,(H,24,26,27). The van der Waals surface area contributed by atoms with Crippen LogP contribution < -0.4 is 16.0 Å². The van der Waals surface area contributed by atoms with Crippen LogP contribution in [0.25, 0.3) is 0 Å². The molecule has 154 valence electrons. The van der Waals surface area contributed by atoms with Gasteiger partial charge in [-0.1, -0.05) is 12.1 Å². The zero-order valence-corrected chi connectivity index (χ0v) is 16.3. The predicted molar refractivity (Wildman–Crippen MR) is 104 cm³/mol. The Labute approximate surface area is 169 Å². The van der Waals surface area contributed by atoms with Gasteiger partial charge in [-0.15, -0.1) is 0 Å². The first-order chi connectivity index (χ1) is 14.1. The number of rotatable bonds is 4. The van der Waals surface area contributed by atoms with Gasteiger partial charge >= 0.3 is 0 Å². The summed E-state index contributed by atoms with van der Waals surface area (Å²) < 4.78 is 5.64. The quantitative estimate of drug-likeness (QED) is 0.614. The molecule has 0 radical (unpaired) electrons. The molecule has 8 nitrogen and oxygen atoms in total. The van der Waals surface area contributed by atoms with Crippen LogP contribution in [0.1, 0.15) is 40.7 Å². The van der Waals surface area contributed by atoms with E-state index in [-0.39, 0.29) is 29.7 Å². The van der Waals surface area contributed by atoms with E-state index in [1.165, 1.54) is 0 Å². The number of nitrogens with one attached hydrogen (secondary N) is 3. The van der Waals surface area contributed by atoms with E-state index >= 15 is 0 Å². The zero-order chi connectivity index (χ0) is 20.0. The summed E-state index contributed by atoms with van der Waals surface area (Å²) in [5, 5.41) is 9.59. The first-order valence-electron chi connectivity index (χ1n) is 10.4. The largest absolute Gasteiger partial charge is 0.381 e. The first-order valence-corrected chi connectivity index (χ1v) is 10.4. The van der Waals surface area contributed by atoms with Gasteiger partial charge in [0, 0.05) is 56.2 Å². The van der Waals surface area contributed by atoms with Crippen molar-refractivity contribution >= 4 is 17.7 Å². The van der Waals surface area contributed by atoms with E-state index < -0.39 is 6.04 Å². The Hall–Kier alpha value is -2.29. The van der Waals surface area contributed by atoms with Crippen LogP contribution in [0.5, 0.6) is 0 Å². The van der Waals surface area contributed by atoms with E-state index in [9.17, 15) is 14.4 Å². The lowest BCUT2D eigenvalue weighted by molar-refractivity contribution is -0.136. The number of benzene rings is 1. The second-order valence-corrected chi connectivity index (χ2v) is 8.55. The van der Waals surface area contributed by atoms with E-state index in [1.54, 1.807) is 4.90 Å². The van der Waals surface area contributed by atoms with Crippen LogP contribution >= 0.6 is 0 Å². The van der Waals surface area contributed by atoms with Gasteiger partial charge in [0.25, 0.3) is 5.91 Å². The smallest absolute Gasteiger partial charge is 0.255 e. The summed E-state index contributed by atoms with van der Waals surface area (Å²) in [4.78, 5) is 38.0. The fraction of sp³-hybridized carbons (Fsp3) is 0.571. The average Bonchev–Trinajstić information content (AvgIpc) is 3.28. The Morgan fingerprint density at radius 3 is 3.03 bits per heavy atom. The summed E-state index contributed by atoms with van der Waals surface area (Å²) >= 11 is 0. The fourth-order valence-electron chi connectivity index (χ4n) is 5.11. The normalized spacial score (nSPS) is 31.6. The second-order valence-electron chi connectivity index (χ2n) is 8.55. The first kappa shape index (κ1) is 18.7. The lowest BCUT2D eigenvalue weighted by Gasteiger charge is -2.39. The maximum atomic E-state index is 12.8. The second kappa shape index (κ2) is 7.19. The molecule has 1 aromatic carbocycles. The number of imide groups is 1. The predicted octanol–water partition coefficient (Wildman–Crippen LogP) is -0.0843. The van der Waals surface area contributed by atoms with Gasteiger partial charge in [-0.25, -0.2) is 0 Å². The van der Waals surface area contributed by atoms with Crippen LogP contribution in [0.4, 0.5) is 0 Å². The van der Waals surface area contributed by atoms with Crippen molar-refractivity contribution in [2.24, 2.45) is 5.92 Å². The number of piperidine rings is 1. The molecule has 0 aromatic heterocycles. The molecule has 8 heteroatoms. The highest BCUT2D eigenvalue weighted by atomic mass is 16.5. The van der Waals surface area contributed by atoms with Gasteiger partial charge in [-0.05, 0) is 30.0 Å². The number of hydrogen-bond donors (Lipinski definition) is 3. The molecule has 0 spiro atoms. The van der Waals surface area contributed by atoms with Crippen molar-refractivity contribution in [1.82, 2.24) is 20.9 Å². The highest BCUT2D eigenvalue weighted by molar-refractivity contribution is 6.05. The van der Waals surface area contributed by atoms with Crippen molar-refractivity contribution in [3.05, 3.63) is 34.9 Å². The van der Waals surface area contributed by atoms with Crippen molar-refractivity contribution in [3.8, 4) is 0 Å². The van der Waals surface area contributed by atoms with Gasteiger partial charge in [0.2, 0.25) is 11.8 Å². The maximum Gasteiger partial charge on any atom is 0.255 e. The van der Waals surface area contributed by atoms with Gasteiger partial charge in [-0.2, -0.15) is 0 Å². The fourth-order valence-corrected chi connectivity index (χ4v) is 5.11. The monoisotopic (exact) mass is 398 g/mol. The SMILES string of the molecule is O=C1CCC(N2Cc3cc(CNC45CCOCC4CNC5)ccc3C2=O)C(=O)N1. The highest BCUT2D eigenvalue weighted by Crippen LogP contribution is 2.31. The van der Waals surface area contributed by atoms with Crippen LogP contribution in [-0.2, 0) is 27.4 Å². The maximum absolute atomic E-state index is 12.8. The third-order valence-electron chi connectivity index (χ3n) is 6.86. The summed E-state index contributed by atoms with van der Waals surface area (Å²) in [6.45, 7) is 4.65. The summed E-state index contributed by atoms with van der Waals surface area (Å²) in [5.41, 5.74) is 2.81. The third-order valence-corrected chi connectivity index (χ3v) is 6.86. The summed E-state index contributed by atoms with van der Waals surface area (Å²) in [6.07, 6.45) is 1.65. The van der Waals surface area contributed by atoms with Crippen LogP contribution in [0.15, 0.2) is 18.2 Å². The van der Waals surface area contributed by atoms with Crippen LogP contribution in [0.3, 0.4) is 0 Å². The van der Waals surface area contributed by atoms with E-state index in [2.05, 4.69) is 22.0 Å². The van der Waals surface area contributed by atoms with E-state index in [0.29, 0.717) is 24.4 Å².